The van der Waals surface area contributed by atoms with Crippen LogP contribution >= 0.6 is 11.3 Å². The molecule has 2 N–H and O–H groups in total. The minimum atomic E-state index is -0.193. The fourth-order valence-corrected chi connectivity index (χ4v) is 3.43. The first-order chi connectivity index (χ1) is 10.7. The highest BCUT2D eigenvalue weighted by molar-refractivity contribution is 7.10. The van der Waals surface area contributed by atoms with Crippen LogP contribution in [0.3, 0.4) is 0 Å². The van der Waals surface area contributed by atoms with Crippen LogP contribution in [0.15, 0.2) is 29.8 Å². The lowest BCUT2D eigenvalue weighted by Gasteiger charge is -2.20. The number of aryl methyl sites for hydroxylation is 1. The maximum absolute atomic E-state index is 12.1. The van der Waals surface area contributed by atoms with Crippen molar-refractivity contribution < 1.29 is 4.79 Å². The van der Waals surface area contributed by atoms with Gasteiger partial charge in [0.1, 0.15) is 0 Å². The maximum atomic E-state index is 12.1. The summed E-state index contributed by atoms with van der Waals surface area (Å²) in [6.07, 6.45) is 4.13. The van der Waals surface area contributed by atoms with E-state index >= 15 is 0 Å². The van der Waals surface area contributed by atoms with Gasteiger partial charge < -0.3 is 15.5 Å². The van der Waals surface area contributed by atoms with E-state index in [0.29, 0.717) is 6.54 Å². The Morgan fingerprint density at radius 1 is 1.36 bits per heavy atom. The molecule has 0 aromatic carbocycles. The third kappa shape index (κ3) is 3.39. The molecule has 1 aliphatic heterocycles. The van der Waals surface area contributed by atoms with E-state index in [1.54, 1.807) is 17.5 Å². The summed E-state index contributed by atoms with van der Waals surface area (Å²) in [6.45, 7) is 4.61. The molecule has 1 fully saturated rings. The molecule has 22 heavy (non-hydrogen) atoms. The molecule has 0 radical (unpaired) electrons. The normalized spacial score (nSPS) is 14.1. The fourth-order valence-electron chi connectivity index (χ4n) is 2.59. The van der Waals surface area contributed by atoms with E-state index < -0.39 is 0 Å². The zero-order valence-corrected chi connectivity index (χ0v) is 13.4. The number of pyridine rings is 1. The molecule has 2 amide bonds. The number of thiophene rings is 1. The second-order valence-electron chi connectivity index (χ2n) is 5.40. The van der Waals surface area contributed by atoms with Gasteiger partial charge in [-0.3, -0.25) is 0 Å². The van der Waals surface area contributed by atoms with E-state index in [9.17, 15) is 4.79 Å². The molecule has 0 saturated carbocycles. The van der Waals surface area contributed by atoms with Gasteiger partial charge in [0.15, 0.2) is 5.82 Å². The van der Waals surface area contributed by atoms with Gasteiger partial charge in [0.05, 0.1) is 12.2 Å². The SMILES string of the molecule is Cc1ccsc1CNC(=O)Nc1cccnc1N1CCCC1. The van der Waals surface area contributed by atoms with Gasteiger partial charge in [-0.25, -0.2) is 9.78 Å². The molecule has 1 aliphatic rings. The molecule has 3 heterocycles. The average Bonchev–Trinajstić information content (AvgIpc) is 3.17. The fraction of sp³-hybridized carbons (Fsp3) is 0.375. The molecule has 2 aromatic heterocycles. The van der Waals surface area contributed by atoms with Crippen molar-refractivity contribution in [2.24, 2.45) is 0 Å². The van der Waals surface area contributed by atoms with Crippen LogP contribution in [0.2, 0.25) is 0 Å². The number of urea groups is 1. The topological polar surface area (TPSA) is 57.3 Å². The minimum absolute atomic E-state index is 0.193. The highest BCUT2D eigenvalue weighted by Gasteiger charge is 2.17. The zero-order chi connectivity index (χ0) is 15.4. The number of anilines is 2. The monoisotopic (exact) mass is 316 g/mol. The van der Waals surface area contributed by atoms with Crippen molar-refractivity contribution >= 4 is 28.9 Å². The molecule has 1 saturated heterocycles. The van der Waals surface area contributed by atoms with Crippen LogP contribution in [0.5, 0.6) is 0 Å². The van der Waals surface area contributed by atoms with Crippen molar-refractivity contribution in [3.63, 3.8) is 0 Å². The number of amides is 2. The Balaban J connectivity index is 1.62. The van der Waals surface area contributed by atoms with Gasteiger partial charge in [0, 0.05) is 24.2 Å². The highest BCUT2D eigenvalue weighted by atomic mass is 32.1. The minimum Gasteiger partial charge on any atom is -0.355 e. The molecular formula is C16H20N4OS. The maximum Gasteiger partial charge on any atom is 0.319 e. The van der Waals surface area contributed by atoms with Crippen molar-refractivity contribution in [1.29, 1.82) is 0 Å². The van der Waals surface area contributed by atoms with Gasteiger partial charge in [-0.15, -0.1) is 11.3 Å². The van der Waals surface area contributed by atoms with Gasteiger partial charge >= 0.3 is 6.03 Å². The summed E-state index contributed by atoms with van der Waals surface area (Å²) < 4.78 is 0. The summed E-state index contributed by atoms with van der Waals surface area (Å²) in [5.41, 5.74) is 1.98. The largest absolute Gasteiger partial charge is 0.355 e. The second-order valence-corrected chi connectivity index (χ2v) is 6.40. The van der Waals surface area contributed by atoms with E-state index in [-0.39, 0.29) is 6.03 Å². The lowest BCUT2D eigenvalue weighted by Crippen LogP contribution is -2.29. The first kappa shape index (κ1) is 14.8. The molecule has 0 unspecified atom stereocenters. The van der Waals surface area contributed by atoms with Gasteiger partial charge in [0.2, 0.25) is 0 Å². The Labute approximate surface area is 134 Å². The van der Waals surface area contributed by atoms with Crippen LogP contribution in [0.25, 0.3) is 0 Å². The van der Waals surface area contributed by atoms with Crippen LogP contribution < -0.4 is 15.5 Å². The van der Waals surface area contributed by atoms with Crippen molar-refractivity contribution in [3.8, 4) is 0 Å². The van der Waals surface area contributed by atoms with Crippen molar-refractivity contribution in [3.05, 3.63) is 40.2 Å². The first-order valence-electron chi connectivity index (χ1n) is 7.52. The Morgan fingerprint density at radius 3 is 2.91 bits per heavy atom. The number of hydrogen-bond donors (Lipinski definition) is 2. The van der Waals surface area contributed by atoms with E-state index in [1.807, 2.05) is 17.5 Å². The molecule has 0 aliphatic carbocycles. The Morgan fingerprint density at radius 2 is 2.18 bits per heavy atom. The highest BCUT2D eigenvalue weighted by Crippen LogP contribution is 2.26. The zero-order valence-electron chi connectivity index (χ0n) is 12.6. The van der Waals surface area contributed by atoms with E-state index in [0.717, 1.165) is 24.6 Å². The van der Waals surface area contributed by atoms with Crippen LogP contribution in [0, 0.1) is 6.92 Å². The molecule has 116 valence electrons. The summed E-state index contributed by atoms with van der Waals surface area (Å²) in [5, 5.41) is 7.86. The molecule has 5 nitrogen and oxygen atoms in total. The van der Waals surface area contributed by atoms with Gasteiger partial charge in [-0.05, 0) is 48.9 Å². The predicted octanol–water partition coefficient (Wildman–Crippen LogP) is 3.37. The van der Waals surface area contributed by atoms with E-state index in [4.69, 9.17) is 0 Å². The van der Waals surface area contributed by atoms with Crippen LogP contribution in [-0.2, 0) is 6.54 Å². The first-order valence-corrected chi connectivity index (χ1v) is 8.40. The Bertz CT molecular complexity index is 649. The van der Waals surface area contributed by atoms with Gasteiger partial charge in [-0.1, -0.05) is 0 Å². The summed E-state index contributed by atoms with van der Waals surface area (Å²) in [6, 6.07) is 5.61. The summed E-state index contributed by atoms with van der Waals surface area (Å²) in [5.74, 6) is 0.863. The van der Waals surface area contributed by atoms with Crippen molar-refractivity contribution in [1.82, 2.24) is 10.3 Å². The van der Waals surface area contributed by atoms with Crippen molar-refractivity contribution in [2.75, 3.05) is 23.3 Å². The number of carbonyl (C=O) groups excluding carboxylic acids is 1. The van der Waals surface area contributed by atoms with Crippen molar-refractivity contribution in [2.45, 2.75) is 26.3 Å². The smallest absolute Gasteiger partial charge is 0.319 e. The lowest BCUT2D eigenvalue weighted by atomic mass is 10.3. The number of rotatable bonds is 4. The third-order valence-corrected chi connectivity index (χ3v) is 4.84. The average molecular weight is 316 g/mol. The third-order valence-electron chi connectivity index (χ3n) is 3.82. The molecule has 2 aromatic rings. The molecular weight excluding hydrogens is 296 g/mol. The van der Waals surface area contributed by atoms with Crippen LogP contribution in [0.1, 0.15) is 23.3 Å². The Kier molecular flexibility index (Phi) is 4.58. The predicted molar refractivity (Wildman–Crippen MR) is 90.6 cm³/mol. The number of carbonyl (C=O) groups is 1. The number of nitrogens with zero attached hydrogens (tertiary/aromatic N) is 2. The van der Waals surface area contributed by atoms with Crippen LogP contribution in [-0.4, -0.2) is 24.1 Å². The molecule has 3 rings (SSSR count). The second kappa shape index (κ2) is 6.79. The summed E-state index contributed by atoms with van der Waals surface area (Å²) in [4.78, 5) is 19.9. The quantitative estimate of drug-likeness (QED) is 0.909. The molecule has 6 heteroatoms. The van der Waals surface area contributed by atoms with E-state index in [2.05, 4.69) is 33.5 Å². The number of hydrogen-bond acceptors (Lipinski definition) is 4. The Hall–Kier alpha value is -2.08. The summed E-state index contributed by atoms with van der Waals surface area (Å²) in [7, 11) is 0. The number of aromatic nitrogens is 1. The molecule has 0 atom stereocenters. The van der Waals surface area contributed by atoms with Gasteiger partial charge in [0.25, 0.3) is 0 Å². The van der Waals surface area contributed by atoms with Crippen LogP contribution in [0.4, 0.5) is 16.3 Å². The number of nitrogens with one attached hydrogen (secondary N) is 2. The van der Waals surface area contributed by atoms with Gasteiger partial charge in [-0.2, -0.15) is 0 Å². The lowest BCUT2D eigenvalue weighted by molar-refractivity contribution is 0.252. The van der Waals surface area contributed by atoms with E-state index in [1.165, 1.54) is 23.3 Å². The summed E-state index contributed by atoms with van der Waals surface area (Å²) >= 11 is 1.66. The standard InChI is InChI=1S/C16H20N4OS/c1-12-6-10-22-14(12)11-18-16(21)19-13-5-4-7-17-15(13)20-8-2-3-9-20/h4-7,10H,2-3,8-9,11H2,1H3,(H2,18,19,21). The molecule has 0 bridgehead atoms. The molecule has 0 spiro atoms.